The molecule has 1 atom stereocenters. The maximum absolute atomic E-state index is 12.8. The highest BCUT2D eigenvalue weighted by Crippen LogP contribution is 2.15. The Morgan fingerprint density at radius 1 is 1.29 bits per heavy atom. The lowest BCUT2D eigenvalue weighted by Crippen LogP contribution is -2.34. The molecule has 0 saturated heterocycles. The van der Waals surface area contributed by atoms with E-state index in [0.29, 0.717) is 12.2 Å². The molecular weight excluding hydrogens is 281 g/mol. The Kier molecular flexibility index (Phi) is 7.34. The first-order chi connectivity index (χ1) is 10.0. The van der Waals surface area contributed by atoms with Gasteiger partial charge in [-0.25, -0.2) is 4.39 Å². The van der Waals surface area contributed by atoms with Gasteiger partial charge in [-0.3, -0.25) is 9.59 Å². The highest BCUT2D eigenvalue weighted by Gasteiger charge is 2.20. The van der Waals surface area contributed by atoms with Gasteiger partial charge in [0.1, 0.15) is 12.4 Å². The van der Waals surface area contributed by atoms with Gasteiger partial charge in [-0.15, -0.1) is 0 Å². The molecule has 0 fully saturated rings. The van der Waals surface area contributed by atoms with Crippen LogP contribution in [-0.2, 0) is 19.1 Å². The Hall–Kier alpha value is -1.99. The minimum absolute atomic E-state index is 0.0898. The van der Waals surface area contributed by atoms with Crippen LogP contribution in [0.4, 0.5) is 4.39 Å². The topological polar surface area (TPSA) is 84.9 Å². The number of carboxylic acids is 1. The van der Waals surface area contributed by atoms with Crippen LogP contribution in [0.2, 0.25) is 0 Å². The molecule has 21 heavy (non-hydrogen) atoms. The number of benzene rings is 1. The van der Waals surface area contributed by atoms with Gasteiger partial charge in [0, 0.05) is 13.7 Å². The van der Waals surface area contributed by atoms with E-state index < -0.39 is 23.6 Å². The van der Waals surface area contributed by atoms with Crippen molar-refractivity contribution in [3.8, 4) is 0 Å². The molecule has 0 radical (unpaired) electrons. The molecule has 0 aliphatic rings. The number of amides is 1. The molecule has 2 N–H and O–H groups in total. The fourth-order valence-corrected chi connectivity index (χ4v) is 1.62. The molecular formula is C14H18FNO5. The first-order valence-electron chi connectivity index (χ1n) is 6.36. The first kappa shape index (κ1) is 17.1. The van der Waals surface area contributed by atoms with Crippen molar-refractivity contribution in [2.75, 3.05) is 33.5 Å². The zero-order valence-corrected chi connectivity index (χ0v) is 11.7. The Morgan fingerprint density at radius 2 is 1.95 bits per heavy atom. The van der Waals surface area contributed by atoms with Crippen molar-refractivity contribution < 1.29 is 28.6 Å². The summed E-state index contributed by atoms with van der Waals surface area (Å²) < 4.78 is 22.6. The van der Waals surface area contributed by atoms with Gasteiger partial charge < -0.3 is 19.9 Å². The van der Waals surface area contributed by atoms with Crippen molar-refractivity contribution in [1.82, 2.24) is 5.32 Å². The Morgan fingerprint density at radius 3 is 2.52 bits per heavy atom. The lowest BCUT2D eigenvalue weighted by atomic mass is 9.99. The van der Waals surface area contributed by atoms with Crippen LogP contribution < -0.4 is 5.32 Å². The fourth-order valence-electron chi connectivity index (χ4n) is 1.62. The predicted molar refractivity (Wildman–Crippen MR) is 72.5 cm³/mol. The number of hydrogen-bond donors (Lipinski definition) is 2. The lowest BCUT2D eigenvalue weighted by Gasteiger charge is -2.14. The monoisotopic (exact) mass is 299 g/mol. The van der Waals surface area contributed by atoms with Crippen LogP contribution in [0.3, 0.4) is 0 Å². The van der Waals surface area contributed by atoms with Crippen LogP contribution in [-0.4, -0.2) is 50.5 Å². The van der Waals surface area contributed by atoms with Crippen molar-refractivity contribution in [3.63, 3.8) is 0 Å². The zero-order valence-electron chi connectivity index (χ0n) is 11.7. The number of methoxy groups -OCH3 is 1. The maximum Gasteiger partial charge on any atom is 0.312 e. The average molecular weight is 299 g/mol. The second-order valence-corrected chi connectivity index (χ2v) is 4.29. The molecule has 0 heterocycles. The molecule has 1 aromatic rings. The van der Waals surface area contributed by atoms with E-state index in [9.17, 15) is 14.0 Å². The summed E-state index contributed by atoms with van der Waals surface area (Å²) in [5, 5.41) is 11.6. The Bertz CT molecular complexity index is 463. The minimum Gasteiger partial charge on any atom is -0.481 e. The fraction of sp³-hybridized carbons (Fsp3) is 0.429. The number of rotatable bonds is 9. The normalized spacial score (nSPS) is 11.9. The van der Waals surface area contributed by atoms with Gasteiger partial charge in [0.15, 0.2) is 0 Å². The van der Waals surface area contributed by atoms with Crippen LogP contribution in [0.15, 0.2) is 24.3 Å². The van der Waals surface area contributed by atoms with Crippen molar-refractivity contribution in [3.05, 3.63) is 35.6 Å². The summed E-state index contributed by atoms with van der Waals surface area (Å²) in [5.41, 5.74) is 0.421. The smallest absolute Gasteiger partial charge is 0.312 e. The molecule has 0 saturated carbocycles. The minimum atomic E-state index is -1.10. The van der Waals surface area contributed by atoms with Gasteiger partial charge >= 0.3 is 5.97 Å². The summed E-state index contributed by atoms with van der Waals surface area (Å²) in [6.45, 7) is 0.400. The zero-order chi connectivity index (χ0) is 15.7. The van der Waals surface area contributed by atoms with Crippen LogP contribution in [0.1, 0.15) is 11.5 Å². The van der Waals surface area contributed by atoms with Gasteiger partial charge in [-0.1, -0.05) is 12.1 Å². The molecule has 116 valence electrons. The van der Waals surface area contributed by atoms with E-state index in [4.69, 9.17) is 14.6 Å². The molecule has 0 aliphatic heterocycles. The van der Waals surface area contributed by atoms with E-state index in [-0.39, 0.29) is 19.8 Å². The molecule has 1 amide bonds. The second-order valence-electron chi connectivity index (χ2n) is 4.29. The van der Waals surface area contributed by atoms with E-state index in [0.717, 1.165) is 0 Å². The summed E-state index contributed by atoms with van der Waals surface area (Å²) in [6.07, 6.45) is 0. The van der Waals surface area contributed by atoms with Crippen LogP contribution in [0.25, 0.3) is 0 Å². The molecule has 0 aliphatic carbocycles. The number of carbonyl (C=O) groups is 2. The quantitative estimate of drug-likeness (QED) is 0.658. The maximum atomic E-state index is 12.8. The van der Waals surface area contributed by atoms with Crippen LogP contribution in [0, 0.1) is 5.82 Å². The number of nitrogens with one attached hydrogen (secondary N) is 1. The highest BCUT2D eigenvalue weighted by molar-refractivity contribution is 5.80. The standard InChI is InChI=1S/C14H18FNO5/c1-20-6-7-21-9-13(17)16-8-12(14(18)19)10-2-4-11(15)5-3-10/h2-5,12H,6-9H2,1H3,(H,16,17)(H,18,19). The molecule has 7 heteroatoms. The van der Waals surface area contributed by atoms with E-state index in [2.05, 4.69) is 5.32 Å². The van der Waals surface area contributed by atoms with Crippen LogP contribution >= 0.6 is 0 Å². The highest BCUT2D eigenvalue weighted by atomic mass is 19.1. The SMILES string of the molecule is COCCOCC(=O)NCC(C(=O)O)c1ccc(F)cc1. The predicted octanol–water partition coefficient (Wildman–Crippen LogP) is 0.773. The number of carbonyl (C=O) groups excluding carboxylic acids is 1. The van der Waals surface area contributed by atoms with Gasteiger partial charge in [0.25, 0.3) is 0 Å². The number of halogens is 1. The van der Waals surface area contributed by atoms with E-state index in [1.54, 1.807) is 0 Å². The summed E-state index contributed by atoms with van der Waals surface area (Å²) in [6, 6.07) is 5.13. The molecule has 1 unspecified atom stereocenters. The van der Waals surface area contributed by atoms with Gasteiger partial charge in [0.05, 0.1) is 19.1 Å². The third-order valence-corrected chi connectivity index (χ3v) is 2.74. The Labute approximate surface area is 121 Å². The van der Waals surface area contributed by atoms with Crippen molar-refractivity contribution in [1.29, 1.82) is 0 Å². The number of ether oxygens (including phenoxy) is 2. The third-order valence-electron chi connectivity index (χ3n) is 2.74. The summed E-state index contributed by atoms with van der Waals surface area (Å²) in [7, 11) is 1.52. The first-order valence-corrected chi connectivity index (χ1v) is 6.36. The molecule has 1 aromatic carbocycles. The molecule has 1 rings (SSSR count). The van der Waals surface area contributed by atoms with E-state index in [1.807, 2.05) is 0 Å². The summed E-state index contributed by atoms with van der Waals surface area (Å²) in [4.78, 5) is 22.7. The van der Waals surface area contributed by atoms with Gasteiger partial charge in [-0.2, -0.15) is 0 Å². The van der Waals surface area contributed by atoms with Gasteiger partial charge in [-0.05, 0) is 17.7 Å². The Balaban J connectivity index is 2.46. The summed E-state index contributed by atoms with van der Waals surface area (Å²) >= 11 is 0. The number of aliphatic carboxylic acids is 1. The van der Waals surface area contributed by atoms with Crippen LogP contribution in [0.5, 0.6) is 0 Å². The molecule has 6 nitrogen and oxygen atoms in total. The lowest BCUT2D eigenvalue weighted by molar-refractivity contribution is -0.138. The third kappa shape index (κ3) is 6.33. The summed E-state index contributed by atoms with van der Waals surface area (Å²) in [5.74, 6) is -2.89. The second kappa shape index (κ2) is 9.04. The van der Waals surface area contributed by atoms with Crippen molar-refractivity contribution in [2.45, 2.75) is 5.92 Å². The average Bonchev–Trinajstić information content (AvgIpc) is 2.45. The van der Waals surface area contributed by atoms with Gasteiger partial charge in [0.2, 0.25) is 5.91 Å². The largest absolute Gasteiger partial charge is 0.481 e. The van der Waals surface area contributed by atoms with Crippen molar-refractivity contribution >= 4 is 11.9 Å². The number of carboxylic acid groups (broad SMARTS) is 1. The van der Waals surface area contributed by atoms with E-state index in [1.165, 1.54) is 31.4 Å². The van der Waals surface area contributed by atoms with E-state index >= 15 is 0 Å². The molecule has 0 spiro atoms. The number of hydrogen-bond acceptors (Lipinski definition) is 4. The molecule has 0 bridgehead atoms. The van der Waals surface area contributed by atoms with Crippen molar-refractivity contribution in [2.24, 2.45) is 0 Å². The molecule has 0 aromatic heterocycles.